The van der Waals surface area contributed by atoms with Crippen molar-refractivity contribution in [2.45, 2.75) is 25.8 Å². The second-order valence-corrected chi connectivity index (χ2v) is 3.79. The lowest BCUT2D eigenvalue weighted by atomic mass is 10.2. The predicted molar refractivity (Wildman–Crippen MR) is 67.6 cm³/mol. The average Bonchev–Trinajstić information content (AvgIpc) is 2.30. The molecule has 1 N–H and O–H groups in total. The first-order chi connectivity index (χ1) is 8.22. The fraction of sp³-hybridized carbons (Fsp3) is 0.357. The number of nitrogens with one attached hydrogen (secondary N) is 1. The van der Waals surface area contributed by atoms with E-state index in [1.54, 1.807) is 0 Å². The number of amides is 1. The smallest absolute Gasteiger partial charge is 0.223 e. The molecule has 0 bridgehead atoms. The van der Waals surface area contributed by atoms with E-state index in [4.69, 9.17) is 11.2 Å². The minimum absolute atomic E-state index is 0.0178. The summed E-state index contributed by atoms with van der Waals surface area (Å²) < 4.78 is 5.42. The van der Waals surface area contributed by atoms with E-state index in [2.05, 4.69) is 11.2 Å². The molecule has 0 radical (unpaired) electrons. The molecule has 1 aromatic carbocycles. The van der Waals surface area contributed by atoms with Gasteiger partial charge in [-0.3, -0.25) is 4.79 Å². The van der Waals surface area contributed by atoms with Crippen LogP contribution in [0.25, 0.3) is 0 Å². The van der Waals surface area contributed by atoms with Gasteiger partial charge in [0.05, 0.1) is 13.0 Å². The van der Waals surface area contributed by atoms with Crippen LogP contribution in [0, 0.1) is 12.3 Å². The van der Waals surface area contributed by atoms with Gasteiger partial charge in [0.1, 0.15) is 5.75 Å². The van der Waals surface area contributed by atoms with Crippen molar-refractivity contribution in [3.8, 4) is 18.1 Å². The Hall–Kier alpha value is -1.95. The van der Waals surface area contributed by atoms with Crippen molar-refractivity contribution in [3.05, 3.63) is 30.3 Å². The molecular weight excluding hydrogens is 214 g/mol. The molecule has 1 aromatic rings. The first kappa shape index (κ1) is 13.1. The lowest BCUT2D eigenvalue weighted by molar-refractivity contribution is -0.122. The SMILES string of the molecule is C#CCC(C)NC(=O)CCOc1ccccc1. The fourth-order valence-corrected chi connectivity index (χ4v) is 1.35. The van der Waals surface area contributed by atoms with Crippen molar-refractivity contribution >= 4 is 5.91 Å². The summed E-state index contributed by atoms with van der Waals surface area (Å²) in [6.07, 6.45) is 6.04. The summed E-state index contributed by atoms with van der Waals surface area (Å²) in [4.78, 5) is 11.5. The van der Waals surface area contributed by atoms with Crippen LogP contribution < -0.4 is 10.1 Å². The Morgan fingerprint density at radius 3 is 2.82 bits per heavy atom. The monoisotopic (exact) mass is 231 g/mol. The highest BCUT2D eigenvalue weighted by molar-refractivity contribution is 5.76. The molecule has 0 fully saturated rings. The van der Waals surface area contributed by atoms with Gasteiger partial charge in [0.2, 0.25) is 5.91 Å². The molecule has 0 aromatic heterocycles. The Kier molecular flexibility index (Phi) is 5.67. The topological polar surface area (TPSA) is 38.3 Å². The van der Waals surface area contributed by atoms with E-state index in [1.165, 1.54) is 0 Å². The van der Waals surface area contributed by atoms with Gasteiger partial charge in [0.25, 0.3) is 0 Å². The fourth-order valence-electron chi connectivity index (χ4n) is 1.35. The summed E-state index contributed by atoms with van der Waals surface area (Å²) in [5.41, 5.74) is 0. The van der Waals surface area contributed by atoms with Crippen molar-refractivity contribution in [1.29, 1.82) is 0 Å². The zero-order valence-corrected chi connectivity index (χ0v) is 9.98. The first-order valence-electron chi connectivity index (χ1n) is 5.63. The van der Waals surface area contributed by atoms with Gasteiger partial charge in [-0.05, 0) is 19.1 Å². The number of hydrogen-bond donors (Lipinski definition) is 1. The van der Waals surface area contributed by atoms with Crippen LogP contribution in [-0.4, -0.2) is 18.6 Å². The number of rotatable bonds is 6. The third-order valence-electron chi connectivity index (χ3n) is 2.17. The molecule has 0 aliphatic carbocycles. The minimum atomic E-state index is -0.0383. The third-order valence-corrected chi connectivity index (χ3v) is 2.17. The van der Waals surface area contributed by atoms with Crippen LogP contribution in [0.15, 0.2) is 30.3 Å². The highest BCUT2D eigenvalue weighted by atomic mass is 16.5. The molecule has 1 unspecified atom stereocenters. The molecule has 0 aliphatic heterocycles. The lowest BCUT2D eigenvalue weighted by Gasteiger charge is -2.11. The van der Waals surface area contributed by atoms with Crippen molar-refractivity contribution < 1.29 is 9.53 Å². The molecule has 0 saturated heterocycles. The molecule has 3 nitrogen and oxygen atoms in total. The number of hydrogen-bond acceptors (Lipinski definition) is 2. The number of para-hydroxylation sites is 1. The van der Waals surface area contributed by atoms with Crippen molar-refractivity contribution in [3.63, 3.8) is 0 Å². The van der Waals surface area contributed by atoms with Crippen LogP contribution in [0.5, 0.6) is 5.75 Å². The maximum Gasteiger partial charge on any atom is 0.223 e. The Labute approximate surface area is 102 Å². The summed E-state index contributed by atoms with van der Waals surface area (Å²) in [6.45, 7) is 2.26. The van der Waals surface area contributed by atoms with E-state index in [0.29, 0.717) is 19.4 Å². The van der Waals surface area contributed by atoms with Gasteiger partial charge in [-0.25, -0.2) is 0 Å². The van der Waals surface area contributed by atoms with Crippen LogP contribution in [0.3, 0.4) is 0 Å². The molecule has 1 amide bonds. The maximum absolute atomic E-state index is 11.5. The number of terminal acetylenes is 1. The summed E-state index contributed by atoms with van der Waals surface area (Å²) in [5, 5.41) is 2.81. The Morgan fingerprint density at radius 1 is 1.47 bits per heavy atom. The summed E-state index contributed by atoms with van der Waals surface area (Å²) in [7, 11) is 0. The van der Waals surface area contributed by atoms with Crippen molar-refractivity contribution in [2.75, 3.05) is 6.61 Å². The Morgan fingerprint density at radius 2 is 2.18 bits per heavy atom. The van der Waals surface area contributed by atoms with Crippen LogP contribution in [-0.2, 0) is 4.79 Å². The summed E-state index contributed by atoms with van der Waals surface area (Å²) in [6, 6.07) is 9.44. The molecule has 0 aliphatic rings. The lowest BCUT2D eigenvalue weighted by Crippen LogP contribution is -2.33. The summed E-state index contributed by atoms with van der Waals surface area (Å²) >= 11 is 0. The molecule has 90 valence electrons. The Bertz CT molecular complexity index is 381. The molecule has 17 heavy (non-hydrogen) atoms. The van der Waals surface area contributed by atoms with E-state index < -0.39 is 0 Å². The van der Waals surface area contributed by atoms with Crippen LogP contribution in [0.1, 0.15) is 19.8 Å². The third kappa shape index (κ3) is 5.62. The van der Waals surface area contributed by atoms with Gasteiger partial charge in [0, 0.05) is 12.5 Å². The van der Waals surface area contributed by atoms with Crippen molar-refractivity contribution in [2.24, 2.45) is 0 Å². The molecule has 3 heteroatoms. The molecular formula is C14H17NO2. The molecule has 0 saturated carbocycles. The highest BCUT2D eigenvalue weighted by Crippen LogP contribution is 2.08. The molecule has 1 atom stereocenters. The first-order valence-corrected chi connectivity index (χ1v) is 5.63. The van der Waals surface area contributed by atoms with Crippen LogP contribution in [0.2, 0.25) is 0 Å². The highest BCUT2D eigenvalue weighted by Gasteiger charge is 2.05. The molecule has 1 rings (SSSR count). The van der Waals surface area contributed by atoms with E-state index in [1.807, 2.05) is 37.3 Å². The second kappa shape index (κ2) is 7.34. The van der Waals surface area contributed by atoms with Gasteiger partial charge in [-0.2, -0.15) is 0 Å². The number of carbonyl (C=O) groups excluding carboxylic acids is 1. The number of carbonyl (C=O) groups is 1. The zero-order chi connectivity index (χ0) is 12.5. The number of benzene rings is 1. The second-order valence-electron chi connectivity index (χ2n) is 3.79. The Balaban J connectivity index is 2.19. The van der Waals surface area contributed by atoms with Crippen LogP contribution in [0.4, 0.5) is 0 Å². The zero-order valence-electron chi connectivity index (χ0n) is 9.98. The standard InChI is InChI=1S/C14H17NO2/c1-3-7-12(2)15-14(16)10-11-17-13-8-5-4-6-9-13/h1,4-6,8-9,12H,7,10-11H2,2H3,(H,15,16). The molecule has 0 heterocycles. The largest absolute Gasteiger partial charge is 0.493 e. The average molecular weight is 231 g/mol. The van der Waals surface area contributed by atoms with Crippen molar-refractivity contribution in [1.82, 2.24) is 5.32 Å². The van der Waals surface area contributed by atoms with E-state index in [-0.39, 0.29) is 11.9 Å². The van der Waals surface area contributed by atoms with Gasteiger partial charge < -0.3 is 10.1 Å². The quantitative estimate of drug-likeness (QED) is 0.760. The van der Waals surface area contributed by atoms with E-state index >= 15 is 0 Å². The predicted octanol–water partition coefficient (Wildman–Crippen LogP) is 1.98. The minimum Gasteiger partial charge on any atom is -0.493 e. The van der Waals surface area contributed by atoms with Gasteiger partial charge in [-0.1, -0.05) is 18.2 Å². The van der Waals surface area contributed by atoms with Crippen LogP contribution >= 0.6 is 0 Å². The maximum atomic E-state index is 11.5. The van der Waals surface area contributed by atoms with E-state index in [9.17, 15) is 4.79 Å². The molecule has 0 spiro atoms. The number of ether oxygens (including phenoxy) is 1. The van der Waals surface area contributed by atoms with Gasteiger partial charge in [-0.15, -0.1) is 12.3 Å². The normalized spacial score (nSPS) is 11.3. The van der Waals surface area contributed by atoms with Gasteiger partial charge >= 0.3 is 0 Å². The summed E-state index contributed by atoms with van der Waals surface area (Å²) in [5.74, 6) is 3.25. The van der Waals surface area contributed by atoms with Gasteiger partial charge in [0.15, 0.2) is 0 Å². The van der Waals surface area contributed by atoms with E-state index in [0.717, 1.165) is 5.75 Å².